The zero-order chi connectivity index (χ0) is 15.5. The maximum absolute atomic E-state index is 13.4. The topological polar surface area (TPSA) is 70.2 Å². The fourth-order valence-corrected chi connectivity index (χ4v) is 3.20. The van der Waals surface area contributed by atoms with Crippen LogP contribution in [0.15, 0.2) is 18.2 Å². The van der Waals surface area contributed by atoms with Crippen molar-refractivity contribution >= 4 is 17.4 Å². The van der Waals surface area contributed by atoms with Gasteiger partial charge in [0.05, 0.1) is 17.1 Å². The molecular weight excluding hydrogens is 293 g/mol. The van der Waals surface area contributed by atoms with Gasteiger partial charge in [0, 0.05) is 25.7 Å². The van der Waals surface area contributed by atoms with Crippen LogP contribution >= 0.6 is 11.8 Å². The van der Waals surface area contributed by atoms with Gasteiger partial charge in [-0.25, -0.2) is 4.39 Å². The molecule has 1 aromatic carbocycles. The second-order valence-electron chi connectivity index (χ2n) is 5.16. The summed E-state index contributed by atoms with van der Waals surface area (Å²) in [5.41, 5.74) is 0.368. The van der Waals surface area contributed by atoms with Gasteiger partial charge in [-0.2, -0.15) is 5.26 Å². The number of benzene rings is 1. The van der Waals surface area contributed by atoms with Gasteiger partial charge in [0.1, 0.15) is 10.6 Å². The number of likely N-dealkylation sites (tertiary alicyclic amines) is 1. The Morgan fingerprint density at radius 1 is 1.48 bits per heavy atom. The third kappa shape index (κ3) is 3.71. The Kier molecular flexibility index (Phi) is 4.80. The first-order chi connectivity index (χ1) is 9.98. The molecule has 1 aliphatic heterocycles. The molecule has 0 saturated carbocycles. The Morgan fingerprint density at radius 3 is 2.67 bits per heavy atom. The molecule has 0 N–H and O–H groups in total. The minimum atomic E-state index is -0.591. The number of hydrogen-bond acceptors (Lipinski definition) is 5. The summed E-state index contributed by atoms with van der Waals surface area (Å²) in [4.78, 5) is 12.3. The normalized spacial score (nSPS) is 18.1. The van der Waals surface area contributed by atoms with Crippen molar-refractivity contribution in [3.63, 3.8) is 0 Å². The molecule has 112 valence electrons. The zero-order valence-corrected chi connectivity index (χ0v) is 12.5. The molecular formula is C14H16FN3O2S. The lowest BCUT2D eigenvalue weighted by atomic mass is 9.97. The van der Waals surface area contributed by atoms with Crippen LogP contribution in [0.5, 0.6) is 0 Å². The van der Waals surface area contributed by atoms with E-state index in [2.05, 4.69) is 11.0 Å². The van der Waals surface area contributed by atoms with E-state index in [1.165, 1.54) is 12.1 Å². The quantitative estimate of drug-likeness (QED) is 0.631. The number of nitriles is 1. The molecule has 0 bridgehead atoms. The van der Waals surface area contributed by atoms with Gasteiger partial charge in [-0.1, -0.05) is 0 Å². The fourth-order valence-electron chi connectivity index (χ4n) is 2.52. The number of nitro groups is 1. The van der Waals surface area contributed by atoms with Crippen LogP contribution in [0.1, 0.15) is 18.4 Å². The smallest absolute Gasteiger partial charge is 0.272 e. The van der Waals surface area contributed by atoms with E-state index in [9.17, 15) is 19.8 Å². The van der Waals surface area contributed by atoms with Crippen molar-refractivity contribution in [3.05, 3.63) is 39.7 Å². The summed E-state index contributed by atoms with van der Waals surface area (Å²) < 4.78 is 13.1. The van der Waals surface area contributed by atoms with Gasteiger partial charge in [0.2, 0.25) is 0 Å². The minimum Gasteiger partial charge on any atom is -0.299 e. The molecule has 1 aromatic rings. The van der Waals surface area contributed by atoms with Crippen molar-refractivity contribution in [2.45, 2.75) is 24.1 Å². The second-order valence-corrected chi connectivity index (χ2v) is 6.35. The highest BCUT2D eigenvalue weighted by Gasteiger charge is 2.33. The number of halogens is 1. The average Bonchev–Trinajstić information content (AvgIpc) is 2.48. The predicted molar refractivity (Wildman–Crippen MR) is 79.4 cm³/mol. The molecule has 0 amide bonds. The molecule has 1 fully saturated rings. The van der Waals surface area contributed by atoms with Crippen molar-refractivity contribution < 1.29 is 9.31 Å². The minimum absolute atomic E-state index is 0.225. The molecule has 0 spiro atoms. The Morgan fingerprint density at radius 2 is 2.14 bits per heavy atom. The molecule has 21 heavy (non-hydrogen) atoms. The van der Waals surface area contributed by atoms with E-state index in [-0.39, 0.29) is 10.4 Å². The molecule has 0 radical (unpaired) electrons. The summed E-state index contributed by atoms with van der Waals surface area (Å²) in [5.74, 6) is -0.591. The molecule has 0 aromatic heterocycles. The molecule has 0 atom stereocenters. The van der Waals surface area contributed by atoms with Crippen LogP contribution in [0.2, 0.25) is 0 Å². The summed E-state index contributed by atoms with van der Waals surface area (Å²) in [6.07, 6.45) is 3.44. The summed E-state index contributed by atoms with van der Waals surface area (Å²) in [6, 6.07) is 6.03. The van der Waals surface area contributed by atoms with Crippen molar-refractivity contribution in [2.75, 3.05) is 19.3 Å². The van der Waals surface area contributed by atoms with Crippen LogP contribution in [0.3, 0.4) is 0 Å². The summed E-state index contributed by atoms with van der Waals surface area (Å²) in [5, 5.41) is 20.0. The van der Waals surface area contributed by atoms with Crippen LogP contribution in [0, 0.1) is 27.3 Å². The van der Waals surface area contributed by atoms with Gasteiger partial charge in [0.15, 0.2) is 0 Å². The second kappa shape index (κ2) is 6.41. The number of piperidine rings is 1. The lowest BCUT2D eigenvalue weighted by molar-refractivity contribution is -0.385. The number of rotatable bonds is 4. The van der Waals surface area contributed by atoms with Crippen molar-refractivity contribution in [2.24, 2.45) is 0 Å². The van der Waals surface area contributed by atoms with Crippen LogP contribution < -0.4 is 0 Å². The summed E-state index contributed by atoms with van der Waals surface area (Å²) >= 11 is 1.57. The Bertz CT molecular complexity index is 580. The van der Waals surface area contributed by atoms with Crippen LogP contribution in [-0.4, -0.2) is 33.9 Å². The first-order valence-electron chi connectivity index (χ1n) is 6.61. The first-order valence-corrected chi connectivity index (χ1v) is 7.83. The number of hydrogen-bond donors (Lipinski definition) is 0. The molecule has 0 aliphatic carbocycles. The number of thioether (sulfide) groups is 1. The number of nitrogens with zero attached hydrogens (tertiary/aromatic N) is 3. The van der Waals surface area contributed by atoms with Gasteiger partial charge in [-0.05, 0) is 30.7 Å². The summed E-state index contributed by atoms with van der Waals surface area (Å²) in [7, 11) is 0. The third-order valence-electron chi connectivity index (χ3n) is 3.82. The molecule has 1 aliphatic rings. The van der Waals surface area contributed by atoms with Crippen LogP contribution in [0.25, 0.3) is 0 Å². The van der Waals surface area contributed by atoms with E-state index < -0.39 is 10.7 Å². The van der Waals surface area contributed by atoms with Gasteiger partial charge in [-0.15, -0.1) is 11.8 Å². The van der Waals surface area contributed by atoms with Crippen molar-refractivity contribution in [1.29, 1.82) is 5.26 Å². The maximum Gasteiger partial charge on any atom is 0.272 e. The van der Waals surface area contributed by atoms with Crippen LogP contribution in [0.4, 0.5) is 10.1 Å². The zero-order valence-electron chi connectivity index (χ0n) is 11.7. The molecule has 7 heteroatoms. The highest BCUT2D eigenvalue weighted by atomic mass is 32.2. The largest absolute Gasteiger partial charge is 0.299 e. The SMILES string of the molecule is CSC1(C#N)CCN(Cc2cc(F)cc([N+](=O)[O-])c2)CC1. The average molecular weight is 309 g/mol. The lowest BCUT2D eigenvalue weighted by Crippen LogP contribution is -2.41. The van der Waals surface area contributed by atoms with E-state index in [1.807, 2.05) is 6.26 Å². The molecule has 0 unspecified atom stereocenters. The first kappa shape index (κ1) is 15.7. The molecule has 2 rings (SSSR count). The van der Waals surface area contributed by atoms with E-state index >= 15 is 0 Å². The highest BCUT2D eigenvalue weighted by Crippen LogP contribution is 2.34. The van der Waals surface area contributed by atoms with E-state index in [4.69, 9.17) is 0 Å². The van der Waals surface area contributed by atoms with E-state index in [1.54, 1.807) is 11.8 Å². The Hall–Kier alpha value is -1.65. The van der Waals surface area contributed by atoms with Gasteiger partial charge < -0.3 is 0 Å². The number of nitro benzene ring substituents is 1. The third-order valence-corrected chi connectivity index (χ3v) is 5.10. The predicted octanol–water partition coefficient (Wildman–Crippen LogP) is 2.96. The van der Waals surface area contributed by atoms with E-state index in [0.717, 1.165) is 32.0 Å². The molecule has 1 heterocycles. The highest BCUT2D eigenvalue weighted by molar-refractivity contribution is 8.00. The van der Waals surface area contributed by atoms with Crippen LogP contribution in [-0.2, 0) is 6.54 Å². The monoisotopic (exact) mass is 309 g/mol. The van der Waals surface area contributed by atoms with Gasteiger partial charge in [0.25, 0.3) is 5.69 Å². The fraction of sp³-hybridized carbons (Fsp3) is 0.500. The Labute approximate surface area is 126 Å². The standard InChI is InChI=1S/C14H16FN3O2S/c1-21-14(10-16)2-4-17(5-3-14)9-11-6-12(15)8-13(7-11)18(19)20/h6-8H,2-5,9H2,1H3. The summed E-state index contributed by atoms with van der Waals surface area (Å²) in [6.45, 7) is 1.94. The van der Waals surface area contributed by atoms with Crippen molar-refractivity contribution in [1.82, 2.24) is 4.90 Å². The maximum atomic E-state index is 13.4. The number of non-ortho nitro benzene ring substituents is 1. The molecule has 1 saturated heterocycles. The van der Waals surface area contributed by atoms with Gasteiger partial charge >= 0.3 is 0 Å². The molecule has 5 nitrogen and oxygen atoms in total. The van der Waals surface area contributed by atoms with Gasteiger partial charge in [-0.3, -0.25) is 15.0 Å². The van der Waals surface area contributed by atoms with Crippen molar-refractivity contribution in [3.8, 4) is 6.07 Å². The lowest BCUT2D eigenvalue weighted by Gasteiger charge is -2.36. The Balaban J connectivity index is 2.04. The van der Waals surface area contributed by atoms with E-state index in [0.29, 0.717) is 12.1 Å².